The molecule has 0 radical (unpaired) electrons. The van der Waals surface area contributed by atoms with Crippen molar-refractivity contribution in [2.45, 2.75) is 31.1 Å². The van der Waals surface area contributed by atoms with E-state index in [-0.39, 0.29) is 5.41 Å². The van der Waals surface area contributed by atoms with Crippen molar-refractivity contribution in [1.29, 1.82) is 0 Å². The molecule has 8 aromatic rings. The topological polar surface area (TPSA) is 19.6 Å². The second-order valence-electron chi connectivity index (χ2n) is 14.6. The van der Waals surface area contributed by atoms with Crippen LogP contribution in [0.25, 0.3) is 21.9 Å². The molecule has 3 nitrogen and oxygen atoms in total. The molecule has 0 aliphatic heterocycles. The van der Waals surface area contributed by atoms with Crippen LogP contribution in [0.3, 0.4) is 0 Å². The van der Waals surface area contributed by atoms with Gasteiger partial charge in [-0.2, -0.15) is 0 Å². The lowest BCUT2D eigenvalue weighted by Crippen LogP contribution is -2.34. The second-order valence-corrected chi connectivity index (χ2v) is 14.6. The molecule has 2 fully saturated rings. The maximum Gasteiger partial charge on any atom is 0.135 e. The molecule has 0 N–H and O–H groups in total. The minimum atomic E-state index is 0.0104. The molecule has 52 heavy (non-hydrogen) atoms. The standard InChI is InChI=1S/C49H40N2O/c1-4-12-39(13-5-1)50(40-14-6-2-7-15-40)42-26-22-36(23-27-42)49(34-35-20-21-38(49)32-35)37-24-28-43(29-25-37)51(41-16-8-3-9-17-41)44-30-31-48-46(33-44)45-18-10-11-19-47(45)52-48/h1-19,22-31,33,35,38H,20-21,32,34H2. The largest absolute Gasteiger partial charge is 0.456 e. The highest BCUT2D eigenvalue weighted by Gasteiger charge is 2.52. The number of hydrogen-bond acceptors (Lipinski definition) is 3. The summed E-state index contributed by atoms with van der Waals surface area (Å²) in [6.07, 6.45) is 5.18. The van der Waals surface area contributed by atoms with Crippen LogP contribution in [-0.2, 0) is 5.41 Å². The summed E-state index contributed by atoms with van der Waals surface area (Å²) < 4.78 is 6.19. The van der Waals surface area contributed by atoms with Gasteiger partial charge in [-0.1, -0.05) is 103 Å². The van der Waals surface area contributed by atoms with Gasteiger partial charge in [-0.25, -0.2) is 0 Å². The van der Waals surface area contributed by atoms with Crippen LogP contribution in [0.5, 0.6) is 0 Å². The molecule has 10 rings (SSSR count). The van der Waals surface area contributed by atoms with Gasteiger partial charge < -0.3 is 14.2 Å². The van der Waals surface area contributed by atoms with E-state index >= 15 is 0 Å². The van der Waals surface area contributed by atoms with E-state index in [9.17, 15) is 0 Å². The van der Waals surface area contributed by atoms with Crippen LogP contribution in [0.4, 0.5) is 34.1 Å². The van der Waals surface area contributed by atoms with Crippen molar-refractivity contribution in [2.75, 3.05) is 9.80 Å². The van der Waals surface area contributed by atoms with Crippen LogP contribution >= 0.6 is 0 Å². The van der Waals surface area contributed by atoms with Gasteiger partial charge in [0.15, 0.2) is 0 Å². The highest BCUT2D eigenvalue weighted by atomic mass is 16.3. The van der Waals surface area contributed by atoms with Gasteiger partial charge in [0, 0.05) is 50.3 Å². The number of fused-ring (bicyclic) bond motifs is 5. The predicted molar refractivity (Wildman–Crippen MR) is 216 cm³/mol. The zero-order valence-corrected chi connectivity index (χ0v) is 29.1. The van der Waals surface area contributed by atoms with Gasteiger partial charge in [0.2, 0.25) is 0 Å². The van der Waals surface area contributed by atoms with Crippen molar-refractivity contribution >= 4 is 56.1 Å². The summed E-state index contributed by atoms with van der Waals surface area (Å²) in [5.41, 5.74) is 11.6. The van der Waals surface area contributed by atoms with Gasteiger partial charge in [-0.3, -0.25) is 0 Å². The SMILES string of the molecule is c1ccc(N(c2ccccc2)c2ccc(C3(c4ccc(N(c5ccccc5)c5ccc6oc7ccccc7c6c5)cc4)CC4CCC3C4)cc2)cc1. The molecular formula is C49H40N2O. The Kier molecular flexibility index (Phi) is 7.46. The third kappa shape index (κ3) is 5.11. The maximum absolute atomic E-state index is 6.19. The quantitative estimate of drug-likeness (QED) is 0.160. The molecule has 0 spiro atoms. The van der Waals surface area contributed by atoms with Gasteiger partial charge in [-0.05, 0) is 127 Å². The Morgan fingerprint density at radius 3 is 1.40 bits per heavy atom. The number of benzene rings is 7. The summed E-state index contributed by atoms with van der Waals surface area (Å²) in [4.78, 5) is 4.73. The van der Waals surface area contributed by atoms with E-state index in [1.807, 2.05) is 12.1 Å². The first kappa shape index (κ1) is 30.7. The van der Waals surface area contributed by atoms with Gasteiger partial charge in [-0.15, -0.1) is 0 Å². The molecule has 2 bridgehead atoms. The summed E-state index contributed by atoms with van der Waals surface area (Å²) in [6.45, 7) is 0. The normalized spacial score (nSPS) is 19.3. The van der Waals surface area contributed by atoms with Gasteiger partial charge >= 0.3 is 0 Å². The van der Waals surface area contributed by atoms with Gasteiger partial charge in [0.1, 0.15) is 11.2 Å². The molecule has 3 atom stereocenters. The van der Waals surface area contributed by atoms with E-state index in [0.717, 1.165) is 56.3 Å². The average molecular weight is 673 g/mol. The lowest BCUT2D eigenvalue weighted by molar-refractivity contribution is 0.320. The molecule has 3 heteroatoms. The fourth-order valence-corrected chi connectivity index (χ4v) is 9.50. The number of nitrogens with zero attached hydrogens (tertiary/aromatic N) is 2. The van der Waals surface area contributed by atoms with E-state index in [2.05, 4.69) is 180 Å². The average Bonchev–Trinajstić information content (AvgIpc) is 3.94. The summed E-state index contributed by atoms with van der Waals surface area (Å²) in [6, 6.07) is 66.0. The minimum absolute atomic E-state index is 0.0104. The fraction of sp³-hybridized carbons (Fsp3) is 0.143. The van der Waals surface area contributed by atoms with Gasteiger partial charge in [0.05, 0.1) is 0 Å². The highest BCUT2D eigenvalue weighted by molar-refractivity contribution is 6.06. The Hall–Kier alpha value is -6.06. The van der Waals surface area contributed by atoms with Crippen LogP contribution in [0, 0.1) is 11.8 Å². The van der Waals surface area contributed by atoms with Crippen LogP contribution in [0.15, 0.2) is 186 Å². The molecular weight excluding hydrogens is 633 g/mol. The van der Waals surface area contributed by atoms with Crippen molar-refractivity contribution in [1.82, 2.24) is 0 Å². The van der Waals surface area contributed by atoms with Crippen LogP contribution in [0.1, 0.15) is 36.8 Å². The summed E-state index contributed by atoms with van der Waals surface area (Å²) in [7, 11) is 0. The zero-order chi connectivity index (χ0) is 34.5. The lowest BCUT2D eigenvalue weighted by Gasteiger charge is -2.40. The minimum Gasteiger partial charge on any atom is -0.456 e. The monoisotopic (exact) mass is 672 g/mol. The van der Waals surface area contributed by atoms with E-state index in [0.29, 0.717) is 5.92 Å². The maximum atomic E-state index is 6.19. The third-order valence-corrected chi connectivity index (χ3v) is 11.8. The van der Waals surface area contributed by atoms with E-state index in [1.165, 1.54) is 42.5 Å². The van der Waals surface area contributed by atoms with E-state index < -0.39 is 0 Å². The number of rotatable bonds is 8. The Bertz CT molecular complexity index is 2430. The lowest BCUT2D eigenvalue weighted by atomic mass is 9.64. The Balaban J connectivity index is 1.04. The van der Waals surface area contributed by atoms with Crippen molar-refractivity contribution in [3.63, 3.8) is 0 Å². The number of para-hydroxylation sites is 4. The molecule has 2 aliphatic rings. The first-order valence-corrected chi connectivity index (χ1v) is 18.6. The zero-order valence-electron chi connectivity index (χ0n) is 29.1. The van der Waals surface area contributed by atoms with Crippen molar-refractivity contribution < 1.29 is 4.42 Å². The van der Waals surface area contributed by atoms with Crippen molar-refractivity contribution in [2.24, 2.45) is 11.8 Å². The van der Waals surface area contributed by atoms with Crippen molar-refractivity contribution in [3.05, 3.63) is 193 Å². The summed E-state index contributed by atoms with van der Waals surface area (Å²) in [5, 5.41) is 2.27. The van der Waals surface area contributed by atoms with Crippen LogP contribution in [-0.4, -0.2) is 0 Å². The van der Waals surface area contributed by atoms with Crippen LogP contribution in [0.2, 0.25) is 0 Å². The molecule has 252 valence electrons. The summed E-state index contributed by atoms with van der Waals surface area (Å²) in [5.74, 6) is 1.43. The Morgan fingerprint density at radius 2 is 0.885 bits per heavy atom. The molecule has 1 aromatic heterocycles. The smallest absolute Gasteiger partial charge is 0.135 e. The summed E-state index contributed by atoms with van der Waals surface area (Å²) >= 11 is 0. The second kappa shape index (κ2) is 12.6. The fourth-order valence-electron chi connectivity index (χ4n) is 9.50. The Labute approximate surface area is 305 Å². The van der Waals surface area contributed by atoms with E-state index in [1.54, 1.807) is 0 Å². The predicted octanol–water partition coefficient (Wildman–Crippen LogP) is 13.6. The number of hydrogen-bond donors (Lipinski definition) is 0. The molecule has 1 heterocycles. The van der Waals surface area contributed by atoms with Crippen molar-refractivity contribution in [3.8, 4) is 0 Å². The molecule has 0 amide bonds. The number of anilines is 6. The first-order valence-electron chi connectivity index (χ1n) is 18.6. The molecule has 2 saturated carbocycles. The Morgan fingerprint density at radius 1 is 0.423 bits per heavy atom. The van der Waals surface area contributed by atoms with E-state index in [4.69, 9.17) is 4.42 Å². The molecule has 2 aliphatic carbocycles. The first-order chi connectivity index (χ1) is 25.7. The molecule has 3 unspecified atom stereocenters. The molecule has 0 saturated heterocycles. The molecule has 7 aromatic carbocycles. The van der Waals surface area contributed by atoms with Gasteiger partial charge in [0.25, 0.3) is 0 Å². The van der Waals surface area contributed by atoms with Crippen LogP contribution < -0.4 is 9.80 Å². The third-order valence-electron chi connectivity index (χ3n) is 11.8. The number of furan rings is 1. The highest BCUT2D eigenvalue weighted by Crippen LogP contribution is 2.60.